The van der Waals surface area contributed by atoms with E-state index in [2.05, 4.69) is 10.1 Å². The van der Waals surface area contributed by atoms with Gasteiger partial charge in [-0.15, -0.1) is 0 Å². The third-order valence-electron chi connectivity index (χ3n) is 3.80. The van der Waals surface area contributed by atoms with Crippen molar-refractivity contribution in [2.45, 2.75) is 25.7 Å². The lowest BCUT2D eigenvalue weighted by Crippen LogP contribution is -2.21. The number of nitrogens with zero attached hydrogens (tertiary/aromatic N) is 3. The van der Waals surface area contributed by atoms with Crippen LogP contribution in [0.2, 0.25) is 10.0 Å². The molecular weight excluding hydrogens is 381 g/mol. The minimum Gasteiger partial charge on any atom is -0.392 e. The van der Waals surface area contributed by atoms with E-state index < -0.39 is 11.7 Å². The molecule has 0 amide bonds. The Hall–Kier alpha value is -2.19. The van der Waals surface area contributed by atoms with Gasteiger partial charge in [-0.2, -0.15) is 4.98 Å². The van der Waals surface area contributed by atoms with E-state index in [0.717, 1.165) is 0 Å². The van der Waals surface area contributed by atoms with Gasteiger partial charge in [0.25, 0.3) is 5.56 Å². The van der Waals surface area contributed by atoms with Crippen molar-refractivity contribution in [2.24, 2.45) is 0 Å². The van der Waals surface area contributed by atoms with E-state index in [-0.39, 0.29) is 30.5 Å². The summed E-state index contributed by atoms with van der Waals surface area (Å²) in [7, 11) is 0. The van der Waals surface area contributed by atoms with Gasteiger partial charge >= 0.3 is 0 Å². The van der Waals surface area contributed by atoms with Gasteiger partial charge in [-0.1, -0.05) is 40.5 Å². The number of aliphatic hydroxyl groups excluding tert-OH is 2. The lowest BCUT2D eigenvalue weighted by molar-refractivity contribution is 0.174. The average molecular weight is 396 g/mol. The van der Waals surface area contributed by atoms with E-state index in [1.165, 1.54) is 10.8 Å². The molecule has 0 aliphatic rings. The molecule has 0 bridgehead atoms. The number of rotatable bonds is 6. The maximum atomic E-state index is 12.1. The zero-order valence-corrected chi connectivity index (χ0v) is 15.0. The van der Waals surface area contributed by atoms with Crippen molar-refractivity contribution in [3.8, 4) is 0 Å². The summed E-state index contributed by atoms with van der Waals surface area (Å²) in [6.07, 6.45) is 0.843. The molecule has 0 unspecified atom stereocenters. The lowest BCUT2D eigenvalue weighted by atomic mass is 10.1. The van der Waals surface area contributed by atoms with E-state index >= 15 is 0 Å². The van der Waals surface area contributed by atoms with Gasteiger partial charge in [-0.05, 0) is 23.8 Å². The van der Waals surface area contributed by atoms with Gasteiger partial charge < -0.3 is 19.3 Å². The number of aliphatic hydroxyl groups is 2. The largest absolute Gasteiger partial charge is 0.392 e. The highest BCUT2D eigenvalue weighted by Gasteiger charge is 2.15. The van der Waals surface area contributed by atoms with Crippen molar-refractivity contribution in [1.82, 2.24) is 14.7 Å². The van der Waals surface area contributed by atoms with E-state index in [1.807, 2.05) is 0 Å². The molecule has 0 spiro atoms. The van der Waals surface area contributed by atoms with Crippen molar-refractivity contribution in [2.75, 3.05) is 0 Å². The maximum Gasteiger partial charge on any atom is 0.270 e. The van der Waals surface area contributed by atoms with Gasteiger partial charge in [0.2, 0.25) is 5.89 Å². The first-order valence-corrected chi connectivity index (χ1v) is 8.47. The molecule has 2 N–H and O–H groups in total. The first-order chi connectivity index (χ1) is 12.5. The van der Waals surface area contributed by atoms with Gasteiger partial charge in [0.05, 0.1) is 12.7 Å². The molecule has 0 aliphatic carbocycles. The van der Waals surface area contributed by atoms with Crippen LogP contribution in [0.3, 0.4) is 0 Å². The molecule has 0 fully saturated rings. The number of aromatic nitrogens is 3. The Morgan fingerprint density at radius 3 is 2.62 bits per heavy atom. The first kappa shape index (κ1) is 18.6. The Morgan fingerprint density at radius 2 is 1.92 bits per heavy atom. The Bertz CT molecular complexity index is 953. The number of pyridine rings is 1. The zero-order valence-electron chi connectivity index (χ0n) is 13.5. The fraction of sp³-hybridized carbons (Fsp3) is 0.235. The summed E-state index contributed by atoms with van der Waals surface area (Å²) in [5.41, 5.74) is 0.577. The molecule has 7 nitrogen and oxygen atoms in total. The fourth-order valence-corrected chi connectivity index (χ4v) is 2.75. The SMILES string of the molecule is O=c1c(Cl)c(CO)ccn1Cc1nc(C[C@H](O)c2ccc(Cl)cc2)no1. The summed E-state index contributed by atoms with van der Waals surface area (Å²) in [5.74, 6) is 0.520. The Morgan fingerprint density at radius 1 is 1.19 bits per heavy atom. The van der Waals surface area contributed by atoms with Crippen molar-refractivity contribution < 1.29 is 14.7 Å². The predicted octanol–water partition coefficient (Wildman–Crippen LogP) is 2.35. The Kier molecular flexibility index (Phi) is 5.73. The van der Waals surface area contributed by atoms with E-state index in [4.69, 9.17) is 32.8 Å². The number of benzene rings is 1. The minimum absolute atomic E-state index is 0.0360. The molecule has 26 heavy (non-hydrogen) atoms. The molecule has 0 aliphatic heterocycles. The maximum absolute atomic E-state index is 12.1. The molecule has 0 saturated carbocycles. The molecule has 3 aromatic rings. The summed E-state index contributed by atoms with van der Waals surface area (Å²) in [5, 5.41) is 23.7. The summed E-state index contributed by atoms with van der Waals surface area (Å²) in [4.78, 5) is 16.3. The van der Waals surface area contributed by atoms with Crippen LogP contribution in [-0.2, 0) is 19.6 Å². The number of hydrogen-bond donors (Lipinski definition) is 2. The standard InChI is InChI=1S/C17H15Cl2N3O4/c18-12-3-1-10(2-4-12)13(24)7-14-20-15(26-21-14)8-22-6-5-11(9-23)16(19)17(22)25/h1-6,13,23-24H,7-9H2/t13-/m0/s1. The van der Waals surface area contributed by atoms with Gasteiger partial charge in [-0.25, -0.2) is 0 Å². The second-order valence-electron chi connectivity index (χ2n) is 5.62. The molecule has 0 radical (unpaired) electrons. The van der Waals surface area contributed by atoms with Crippen molar-refractivity contribution in [3.05, 3.63) is 79.8 Å². The van der Waals surface area contributed by atoms with Crippen LogP contribution in [0.1, 0.15) is 28.9 Å². The summed E-state index contributed by atoms with van der Waals surface area (Å²) < 4.78 is 6.43. The number of hydrogen-bond acceptors (Lipinski definition) is 6. The molecule has 1 aromatic carbocycles. The van der Waals surface area contributed by atoms with Gasteiger partial charge in [0.15, 0.2) is 5.82 Å². The van der Waals surface area contributed by atoms with Gasteiger partial charge in [0, 0.05) is 23.2 Å². The topological polar surface area (TPSA) is 101 Å². The summed E-state index contributed by atoms with van der Waals surface area (Å²) >= 11 is 11.7. The van der Waals surface area contributed by atoms with E-state index in [1.54, 1.807) is 30.3 Å². The predicted molar refractivity (Wildman–Crippen MR) is 95.2 cm³/mol. The molecule has 9 heteroatoms. The third-order valence-corrected chi connectivity index (χ3v) is 4.46. The van der Waals surface area contributed by atoms with Crippen LogP contribution < -0.4 is 5.56 Å². The molecule has 0 saturated heterocycles. The molecular formula is C17H15Cl2N3O4. The highest BCUT2D eigenvalue weighted by atomic mass is 35.5. The molecule has 2 heterocycles. The Labute approximate surface area is 158 Å². The fourth-order valence-electron chi connectivity index (χ4n) is 2.39. The van der Waals surface area contributed by atoms with Crippen LogP contribution in [0, 0.1) is 0 Å². The molecule has 1 atom stereocenters. The van der Waals surface area contributed by atoms with Crippen LogP contribution in [-0.4, -0.2) is 24.9 Å². The van der Waals surface area contributed by atoms with Gasteiger partial charge in [-0.3, -0.25) is 4.79 Å². The van der Waals surface area contributed by atoms with Crippen molar-refractivity contribution in [1.29, 1.82) is 0 Å². The third kappa shape index (κ3) is 4.13. The van der Waals surface area contributed by atoms with Crippen LogP contribution in [0.25, 0.3) is 0 Å². The second kappa shape index (κ2) is 8.01. The molecule has 2 aromatic heterocycles. The quantitative estimate of drug-likeness (QED) is 0.664. The van der Waals surface area contributed by atoms with Crippen LogP contribution >= 0.6 is 23.2 Å². The summed E-state index contributed by atoms with van der Waals surface area (Å²) in [6, 6.07) is 8.36. The monoisotopic (exact) mass is 395 g/mol. The normalized spacial score (nSPS) is 12.3. The Balaban J connectivity index is 1.71. The number of halogens is 2. The van der Waals surface area contributed by atoms with Gasteiger partial charge in [0.1, 0.15) is 11.6 Å². The highest BCUT2D eigenvalue weighted by Crippen LogP contribution is 2.19. The highest BCUT2D eigenvalue weighted by molar-refractivity contribution is 6.31. The summed E-state index contributed by atoms with van der Waals surface area (Å²) in [6.45, 7) is -0.281. The van der Waals surface area contributed by atoms with Crippen molar-refractivity contribution in [3.63, 3.8) is 0 Å². The van der Waals surface area contributed by atoms with Crippen molar-refractivity contribution >= 4 is 23.2 Å². The molecule has 136 valence electrons. The lowest BCUT2D eigenvalue weighted by Gasteiger charge is -2.08. The van der Waals surface area contributed by atoms with Crippen LogP contribution in [0.5, 0.6) is 0 Å². The second-order valence-corrected chi connectivity index (χ2v) is 6.44. The van der Waals surface area contributed by atoms with Crippen LogP contribution in [0.15, 0.2) is 45.8 Å². The average Bonchev–Trinajstić information content (AvgIpc) is 3.06. The first-order valence-electron chi connectivity index (χ1n) is 7.71. The minimum atomic E-state index is -0.807. The smallest absolute Gasteiger partial charge is 0.270 e. The zero-order chi connectivity index (χ0) is 18.7. The van der Waals surface area contributed by atoms with E-state index in [9.17, 15) is 9.90 Å². The van der Waals surface area contributed by atoms with E-state index in [0.29, 0.717) is 22.0 Å². The molecule has 3 rings (SSSR count). The van der Waals surface area contributed by atoms with Crippen LogP contribution in [0.4, 0.5) is 0 Å².